The zero-order valence-electron chi connectivity index (χ0n) is 12.3. The molecule has 0 saturated carbocycles. The van der Waals surface area contributed by atoms with Crippen LogP contribution in [0.2, 0.25) is 10.2 Å². The maximum atomic E-state index is 12.5. The van der Waals surface area contributed by atoms with Crippen LogP contribution >= 0.6 is 23.2 Å². The predicted octanol–water partition coefficient (Wildman–Crippen LogP) is 3.07. The van der Waals surface area contributed by atoms with Crippen molar-refractivity contribution in [2.75, 3.05) is 0 Å². The van der Waals surface area contributed by atoms with Crippen LogP contribution < -0.4 is 4.72 Å². The average Bonchev–Trinajstić information content (AvgIpc) is 2.50. The molecule has 1 aromatic carbocycles. The van der Waals surface area contributed by atoms with Crippen LogP contribution in [0.3, 0.4) is 0 Å². The molecule has 0 aliphatic carbocycles. The summed E-state index contributed by atoms with van der Waals surface area (Å²) in [7, 11) is -4.06. The summed E-state index contributed by atoms with van der Waals surface area (Å²) in [5, 5.41) is 10.6. The van der Waals surface area contributed by atoms with Crippen LogP contribution in [-0.4, -0.2) is 30.0 Å². The molecule has 0 amide bonds. The van der Waals surface area contributed by atoms with E-state index in [0.717, 1.165) is 0 Å². The molecule has 6 nitrogen and oxygen atoms in total. The number of carboxylic acid groups (broad SMARTS) is 1. The van der Waals surface area contributed by atoms with E-state index in [-0.39, 0.29) is 16.5 Å². The fraction of sp³-hybridized carbons (Fsp3) is 0.286. The van der Waals surface area contributed by atoms with Gasteiger partial charge in [0.15, 0.2) is 0 Å². The van der Waals surface area contributed by atoms with Gasteiger partial charge in [-0.1, -0.05) is 36.2 Å². The van der Waals surface area contributed by atoms with E-state index < -0.39 is 21.5 Å². The Labute approximate surface area is 143 Å². The van der Waals surface area contributed by atoms with Gasteiger partial charge in [-0.05, 0) is 25.5 Å². The fourth-order valence-electron chi connectivity index (χ4n) is 1.94. The van der Waals surface area contributed by atoms with Gasteiger partial charge in [-0.3, -0.25) is 4.79 Å². The maximum absolute atomic E-state index is 12.5. The van der Waals surface area contributed by atoms with Gasteiger partial charge in [-0.15, -0.1) is 0 Å². The van der Waals surface area contributed by atoms with Gasteiger partial charge in [-0.2, -0.15) is 4.72 Å². The van der Waals surface area contributed by atoms with Crippen molar-refractivity contribution in [1.82, 2.24) is 9.71 Å². The van der Waals surface area contributed by atoms with Crippen molar-refractivity contribution in [2.24, 2.45) is 0 Å². The highest BCUT2D eigenvalue weighted by atomic mass is 35.5. The van der Waals surface area contributed by atoms with Crippen molar-refractivity contribution in [3.63, 3.8) is 0 Å². The lowest BCUT2D eigenvalue weighted by Crippen LogP contribution is -2.51. The Morgan fingerprint density at radius 3 is 2.57 bits per heavy atom. The van der Waals surface area contributed by atoms with Crippen LogP contribution in [-0.2, 0) is 14.8 Å². The third-order valence-corrected chi connectivity index (χ3v) is 5.81. The summed E-state index contributed by atoms with van der Waals surface area (Å²) in [6.07, 6.45) is 1.46. The Hall–Kier alpha value is -1.41. The number of nitrogens with zero attached hydrogens (tertiary/aromatic N) is 1. The molecule has 9 heteroatoms. The molecule has 0 saturated heterocycles. The van der Waals surface area contributed by atoms with Crippen LogP contribution in [0.4, 0.5) is 0 Å². The first-order chi connectivity index (χ1) is 10.6. The first-order valence-corrected chi connectivity index (χ1v) is 8.86. The largest absolute Gasteiger partial charge is 0.480 e. The standard InChI is InChI=1S/C14H14Cl2N2O4S/c1-3-14(2,13(19)20)18-23(21,22)8-4-5-9-10(6-8)12(16)17-7-11(9)15/h4-7,18H,3H2,1-2H3,(H,19,20). The highest BCUT2D eigenvalue weighted by molar-refractivity contribution is 7.89. The van der Waals surface area contributed by atoms with E-state index in [1.165, 1.54) is 31.3 Å². The number of hydrogen-bond acceptors (Lipinski definition) is 4. The SMILES string of the molecule is CCC(C)(NS(=O)(=O)c1ccc2c(Cl)cnc(Cl)c2c1)C(=O)O. The van der Waals surface area contributed by atoms with E-state index in [0.29, 0.717) is 15.8 Å². The number of carboxylic acids is 1. The van der Waals surface area contributed by atoms with Crippen molar-refractivity contribution >= 4 is 50.0 Å². The summed E-state index contributed by atoms with van der Waals surface area (Å²) in [6, 6.07) is 4.16. The summed E-state index contributed by atoms with van der Waals surface area (Å²) >= 11 is 12.0. The van der Waals surface area contributed by atoms with Crippen molar-refractivity contribution in [1.29, 1.82) is 0 Å². The average molecular weight is 377 g/mol. The minimum atomic E-state index is -4.06. The molecule has 0 fully saturated rings. The van der Waals surface area contributed by atoms with E-state index in [1.54, 1.807) is 6.92 Å². The number of aromatic nitrogens is 1. The highest BCUT2D eigenvalue weighted by Gasteiger charge is 2.36. The zero-order valence-corrected chi connectivity index (χ0v) is 14.6. The second kappa shape index (κ2) is 6.24. The van der Waals surface area contributed by atoms with E-state index in [4.69, 9.17) is 23.2 Å². The molecular weight excluding hydrogens is 363 g/mol. The number of pyridine rings is 1. The number of carbonyl (C=O) groups is 1. The molecule has 0 spiro atoms. The molecule has 2 rings (SSSR count). The van der Waals surface area contributed by atoms with Crippen LogP contribution in [0.15, 0.2) is 29.3 Å². The number of hydrogen-bond donors (Lipinski definition) is 2. The van der Waals surface area contributed by atoms with Gasteiger partial charge >= 0.3 is 5.97 Å². The highest BCUT2D eigenvalue weighted by Crippen LogP contribution is 2.30. The second-order valence-corrected chi connectivity index (χ2v) is 7.65. The van der Waals surface area contributed by atoms with Crippen LogP contribution in [0.1, 0.15) is 20.3 Å². The molecule has 0 radical (unpaired) electrons. The van der Waals surface area contributed by atoms with Crippen LogP contribution in [0.25, 0.3) is 10.8 Å². The normalized spacial score (nSPS) is 14.6. The maximum Gasteiger partial charge on any atom is 0.324 e. The van der Waals surface area contributed by atoms with E-state index in [1.807, 2.05) is 0 Å². The molecule has 0 aliphatic rings. The summed E-state index contributed by atoms with van der Waals surface area (Å²) in [6.45, 7) is 2.89. The lowest BCUT2D eigenvalue weighted by Gasteiger charge is -2.24. The predicted molar refractivity (Wildman–Crippen MR) is 88.4 cm³/mol. The van der Waals surface area contributed by atoms with Gasteiger partial charge in [0.1, 0.15) is 10.7 Å². The number of rotatable bonds is 5. The third-order valence-electron chi connectivity index (χ3n) is 3.61. The Morgan fingerprint density at radius 2 is 2.00 bits per heavy atom. The number of sulfonamides is 1. The van der Waals surface area contributed by atoms with Crippen LogP contribution in [0, 0.1) is 0 Å². The van der Waals surface area contributed by atoms with Crippen molar-refractivity contribution < 1.29 is 18.3 Å². The number of aliphatic carboxylic acids is 1. The molecule has 0 bridgehead atoms. The molecule has 1 atom stereocenters. The second-order valence-electron chi connectivity index (χ2n) is 5.20. The Bertz CT molecular complexity index is 886. The van der Waals surface area contributed by atoms with Gasteiger partial charge in [0, 0.05) is 17.0 Å². The van der Waals surface area contributed by atoms with Crippen molar-refractivity contribution in [3.8, 4) is 0 Å². The Balaban J connectivity index is 2.55. The molecule has 1 heterocycles. The van der Waals surface area contributed by atoms with Gasteiger partial charge in [0.05, 0.1) is 9.92 Å². The number of benzene rings is 1. The van der Waals surface area contributed by atoms with Crippen molar-refractivity contribution in [3.05, 3.63) is 34.6 Å². The molecular formula is C14H14Cl2N2O4S. The van der Waals surface area contributed by atoms with Gasteiger partial charge in [0.25, 0.3) is 0 Å². The lowest BCUT2D eigenvalue weighted by atomic mass is 10.0. The first-order valence-electron chi connectivity index (χ1n) is 6.62. The molecule has 2 aromatic rings. The zero-order chi connectivity index (χ0) is 17.4. The topological polar surface area (TPSA) is 96.4 Å². The number of nitrogens with one attached hydrogen (secondary N) is 1. The van der Waals surface area contributed by atoms with Crippen molar-refractivity contribution in [2.45, 2.75) is 30.7 Å². The third kappa shape index (κ3) is 3.42. The Kier molecular flexibility index (Phi) is 4.86. The minimum Gasteiger partial charge on any atom is -0.480 e. The summed E-state index contributed by atoms with van der Waals surface area (Å²) < 4.78 is 27.2. The molecule has 1 aromatic heterocycles. The smallest absolute Gasteiger partial charge is 0.324 e. The quantitative estimate of drug-likeness (QED) is 0.781. The van der Waals surface area contributed by atoms with E-state index in [9.17, 15) is 18.3 Å². The first kappa shape index (κ1) is 17.9. The van der Waals surface area contributed by atoms with E-state index in [2.05, 4.69) is 9.71 Å². The fourth-order valence-corrected chi connectivity index (χ4v) is 3.83. The molecule has 2 N–H and O–H groups in total. The van der Waals surface area contributed by atoms with Gasteiger partial charge in [0.2, 0.25) is 10.0 Å². The molecule has 1 unspecified atom stereocenters. The summed E-state index contributed by atoms with van der Waals surface area (Å²) in [5.74, 6) is -1.26. The molecule has 23 heavy (non-hydrogen) atoms. The number of fused-ring (bicyclic) bond motifs is 1. The monoisotopic (exact) mass is 376 g/mol. The Morgan fingerprint density at radius 1 is 1.35 bits per heavy atom. The minimum absolute atomic E-state index is 0.0866. The van der Waals surface area contributed by atoms with Crippen LogP contribution in [0.5, 0.6) is 0 Å². The summed E-state index contributed by atoms with van der Waals surface area (Å²) in [5.41, 5.74) is -1.61. The summed E-state index contributed by atoms with van der Waals surface area (Å²) in [4.78, 5) is 15.1. The van der Waals surface area contributed by atoms with Gasteiger partial charge < -0.3 is 5.11 Å². The van der Waals surface area contributed by atoms with Gasteiger partial charge in [-0.25, -0.2) is 13.4 Å². The number of halogens is 2. The lowest BCUT2D eigenvalue weighted by molar-refractivity contribution is -0.143. The molecule has 124 valence electrons. The molecule has 0 aliphatic heterocycles. The van der Waals surface area contributed by atoms with E-state index >= 15 is 0 Å².